The van der Waals surface area contributed by atoms with Crippen molar-refractivity contribution in [2.45, 2.75) is 6.92 Å². The molecule has 0 saturated carbocycles. The quantitative estimate of drug-likeness (QED) is 0.907. The number of nitrogens with zero attached hydrogens (tertiary/aromatic N) is 2. The van der Waals surface area contributed by atoms with Crippen molar-refractivity contribution in [1.29, 1.82) is 0 Å². The normalized spacial score (nSPS) is 10.2. The molecule has 2 aromatic rings. The SMILES string of the molecule is CCNc1ccc(C(=O)Nc2cc(Cl)ccc2Cl)nn1. The molecular weight excluding hydrogens is 299 g/mol. The molecule has 0 fully saturated rings. The number of aromatic nitrogens is 2. The second-order valence-corrected chi connectivity index (χ2v) is 4.76. The van der Waals surface area contributed by atoms with E-state index in [9.17, 15) is 4.79 Å². The molecule has 1 heterocycles. The third-order valence-electron chi connectivity index (χ3n) is 2.43. The van der Waals surface area contributed by atoms with E-state index in [2.05, 4.69) is 20.8 Å². The molecule has 104 valence electrons. The molecule has 1 amide bonds. The summed E-state index contributed by atoms with van der Waals surface area (Å²) in [5, 5.41) is 14.3. The van der Waals surface area contributed by atoms with Gasteiger partial charge in [-0.05, 0) is 37.3 Å². The molecule has 0 aliphatic rings. The monoisotopic (exact) mass is 310 g/mol. The summed E-state index contributed by atoms with van der Waals surface area (Å²) >= 11 is 11.8. The van der Waals surface area contributed by atoms with Crippen LogP contribution in [-0.4, -0.2) is 22.6 Å². The highest BCUT2D eigenvalue weighted by Gasteiger charge is 2.11. The van der Waals surface area contributed by atoms with E-state index in [4.69, 9.17) is 23.2 Å². The Morgan fingerprint density at radius 1 is 1.20 bits per heavy atom. The largest absolute Gasteiger partial charge is 0.369 e. The van der Waals surface area contributed by atoms with Gasteiger partial charge in [0, 0.05) is 11.6 Å². The second kappa shape index (κ2) is 6.54. The molecule has 0 spiro atoms. The molecule has 0 radical (unpaired) electrons. The number of carbonyl (C=O) groups excluding carboxylic acids is 1. The smallest absolute Gasteiger partial charge is 0.276 e. The highest BCUT2D eigenvalue weighted by molar-refractivity contribution is 6.35. The fraction of sp³-hybridized carbons (Fsp3) is 0.154. The van der Waals surface area contributed by atoms with Gasteiger partial charge in [-0.2, -0.15) is 0 Å². The molecule has 2 rings (SSSR count). The maximum atomic E-state index is 12.0. The minimum Gasteiger partial charge on any atom is -0.369 e. The molecule has 0 saturated heterocycles. The predicted molar refractivity (Wildman–Crippen MR) is 80.6 cm³/mol. The van der Waals surface area contributed by atoms with E-state index < -0.39 is 5.91 Å². The van der Waals surface area contributed by atoms with Gasteiger partial charge in [0.15, 0.2) is 5.69 Å². The van der Waals surface area contributed by atoms with Gasteiger partial charge in [-0.3, -0.25) is 4.79 Å². The van der Waals surface area contributed by atoms with Crippen LogP contribution in [-0.2, 0) is 0 Å². The Labute approximate surface area is 126 Å². The molecule has 0 aliphatic carbocycles. The van der Waals surface area contributed by atoms with Crippen LogP contribution in [0, 0.1) is 0 Å². The average Bonchev–Trinajstić information content (AvgIpc) is 2.44. The topological polar surface area (TPSA) is 66.9 Å². The Kier molecular flexibility index (Phi) is 4.76. The van der Waals surface area contributed by atoms with Gasteiger partial charge in [-0.1, -0.05) is 23.2 Å². The Morgan fingerprint density at radius 3 is 2.65 bits per heavy atom. The number of hydrogen-bond donors (Lipinski definition) is 2. The minimum atomic E-state index is -0.398. The van der Waals surface area contributed by atoms with Crippen LogP contribution in [0.1, 0.15) is 17.4 Å². The van der Waals surface area contributed by atoms with Crippen LogP contribution >= 0.6 is 23.2 Å². The van der Waals surface area contributed by atoms with Gasteiger partial charge in [-0.25, -0.2) is 0 Å². The van der Waals surface area contributed by atoms with Crippen LogP contribution in [0.25, 0.3) is 0 Å². The van der Waals surface area contributed by atoms with E-state index in [1.807, 2.05) is 6.92 Å². The van der Waals surface area contributed by atoms with E-state index in [1.165, 1.54) is 0 Å². The summed E-state index contributed by atoms with van der Waals surface area (Å²) in [5.41, 5.74) is 0.629. The Bertz CT molecular complexity index is 616. The molecule has 20 heavy (non-hydrogen) atoms. The first-order chi connectivity index (χ1) is 9.60. The zero-order chi connectivity index (χ0) is 14.5. The minimum absolute atomic E-state index is 0.197. The summed E-state index contributed by atoms with van der Waals surface area (Å²) in [4.78, 5) is 12.0. The maximum Gasteiger partial charge on any atom is 0.276 e. The lowest BCUT2D eigenvalue weighted by molar-refractivity contribution is 0.102. The van der Waals surface area contributed by atoms with Crippen LogP contribution in [0.5, 0.6) is 0 Å². The van der Waals surface area contributed by atoms with Crippen molar-refractivity contribution in [3.8, 4) is 0 Å². The molecule has 0 aliphatic heterocycles. The first-order valence-electron chi connectivity index (χ1n) is 5.94. The van der Waals surface area contributed by atoms with E-state index in [0.29, 0.717) is 21.6 Å². The van der Waals surface area contributed by atoms with Crippen LogP contribution in [0.2, 0.25) is 10.0 Å². The van der Waals surface area contributed by atoms with Crippen molar-refractivity contribution >= 4 is 40.6 Å². The lowest BCUT2D eigenvalue weighted by atomic mass is 10.3. The molecule has 0 unspecified atom stereocenters. The molecule has 0 atom stereocenters. The van der Waals surface area contributed by atoms with Gasteiger partial charge in [0.05, 0.1) is 10.7 Å². The number of amides is 1. The van der Waals surface area contributed by atoms with Crippen LogP contribution in [0.4, 0.5) is 11.5 Å². The maximum absolute atomic E-state index is 12.0. The Balaban J connectivity index is 2.13. The zero-order valence-corrected chi connectivity index (χ0v) is 12.2. The Hall–Kier alpha value is -1.85. The molecular formula is C13H12Cl2N4O. The molecule has 1 aromatic heterocycles. The van der Waals surface area contributed by atoms with Gasteiger partial charge >= 0.3 is 0 Å². The van der Waals surface area contributed by atoms with E-state index in [-0.39, 0.29) is 5.69 Å². The van der Waals surface area contributed by atoms with Gasteiger partial charge < -0.3 is 10.6 Å². The lowest BCUT2D eigenvalue weighted by Gasteiger charge is -2.07. The predicted octanol–water partition coefficient (Wildman–Crippen LogP) is 3.47. The summed E-state index contributed by atoms with van der Waals surface area (Å²) in [6.45, 7) is 2.68. The lowest BCUT2D eigenvalue weighted by Crippen LogP contribution is -2.15. The number of hydrogen-bond acceptors (Lipinski definition) is 4. The third kappa shape index (κ3) is 3.59. The highest BCUT2D eigenvalue weighted by atomic mass is 35.5. The van der Waals surface area contributed by atoms with Crippen molar-refractivity contribution in [2.75, 3.05) is 17.2 Å². The van der Waals surface area contributed by atoms with Crippen molar-refractivity contribution < 1.29 is 4.79 Å². The van der Waals surface area contributed by atoms with Crippen molar-refractivity contribution in [3.63, 3.8) is 0 Å². The molecule has 2 N–H and O–H groups in total. The molecule has 7 heteroatoms. The van der Waals surface area contributed by atoms with Gasteiger partial charge in [0.1, 0.15) is 5.82 Å². The van der Waals surface area contributed by atoms with Crippen LogP contribution < -0.4 is 10.6 Å². The first kappa shape index (κ1) is 14.6. The zero-order valence-electron chi connectivity index (χ0n) is 10.7. The number of carbonyl (C=O) groups is 1. The summed E-state index contributed by atoms with van der Waals surface area (Å²) in [5.74, 6) is 0.217. The number of halogens is 2. The second-order valence-electron chi connectivity index (χ2n) is 3.91. The van der Waals surface area contributed by atoms with Crippen molar-refractivity contribution in [2.24, 2.45) is 0 Å². The number of benzene rings is 1. The highest BCUT2D eigenvalue weighted by Crippen LogP contribution is 2.25. The summed E-state index contributed by atoms with van der Waals surface area (Å²) in [6.07, 6.45) is 0. The van der Waals surface area contributed by atoms with Crippen LogP contribution in [0.3, 0.4) is 0 Å². The fourth-order valence-corrected chi connectivity index (χ4v) is 1.85. The average molecular weight is 311 g/mol. The van der Waals surface area contributed by atoms with Gasteiger partial charge in [-0.15, -0.1) is 10.2 Å². The number of anilines is 2. The van der Waals surface area contributed by atoms with Crippen LogP contribution in [0.15, 0.2) is 30.3 Å². The van der Waals surface area contributed by atoms with E-state index in [1.54, 1.807) is 30.3 Å². The third-order valence-corrected chi connectivity index (χ3v) is 3.00. The first-order valence-corrected chi connectivity index (χ1v) is 6.69. The summed E-state index contributed by atoms with van der Waals surface area (Å²) < 4.78 is 0. The summed E-state index contributed by atoms with van der Waals surface area (Å²) in [7, 11) is 0. The van der Waals surface area contributed by atoms with Gasteiger partial charge in [0.2, 0.25) is 0 Å². The number of rotatable bonds is 4. The van der Waals surface area contributed by atoms with Gasteiger partial charge in [0.25, 0.3) is 5.91 Å². The summed E-state index contributed by atoms with van der Waals surface area (Å²) in [6, 6.07) is 8.09. The van der Waals surface area contributed by atoms with E-state index in [0.717, 1.165) is 6.54 Å². The molecule has 0 bridgehead atoms. The fourth-order valence-electron chi connectivity index (χ4n) is 1.51. The standard InChI is InChI=1S/C13H12Cl2N4O/c1-2-16-12-6-5-10(18-19-12)13(20)17-11-7-8(14)3-4-9(11)15/h3-7H,2H2,1H3,(H,16,19)(H,17,20). The molecule has 5 nitrogen and oxygen atoms in total. The Morgan fingerprint density at radius 2 is 2.00 bits per heavy atom. The molecule has 1 aromatic carbocycles. The van der Waals surface area contributed by atoms with E-state index >= 15 is 0 Å². The number of nitrogens with one attached hydrogen (secondary N) is 2. The van der Waals surface area contributed by atoms with Crippen molar-refractivity contribution in [3.05, 3.63) is 46.1 Å². The van der Waals surface area contributed by atoms with Crippen molar-refractivity contribution in [1.82, 2.24) is 10.2 Å².